The van der Waals surface area contributed by atoms with Crippen LogP contribution in [0.25, 0.3) is 0 Å². The summed E-state index contributed by atoms with van der Waals surface area (Å²) in [5, 5.41) is 9.76. The van der Waals surface area contributed by atoms with Crippen LogP contribution in [0.2, 0.25) is 0 Å². The molecular weight excluding hydrogens is 212 g/mol. The van der Waals surface area contributed by atoms with Crippen LogP contribution in [-0.2, 0) is 0 Å². The second-order valence-electron chi connectivity index (χ2n) is 6.14. The van der Waals surface area contributed by atoms with Crippen LogP contribution in [0, 0.1) is 0 Å². The molecule has 0 spiro atoms. The Morgan fingerprint density at radius 2 is 1.88 bits per heavy atom. The molecule has 1 aliphatic heterocycles. The standard InChI is InChI=1S/C14H28N2O/c1-15(2)14(12-17)9-6-10-16(11-14)13-7-4-3-5-8-13/h13,17H,3-12H2,1-2H3. The molecule has 100 valence electrons. The smallest absolute Gasteiger partial charge is 0.0627 e. The molecule has 0 radical (unpaired) electrons. The maximum Gasteiger partial charge on any atom is 0.0627 e. The summed E-state index contributed by atoms with van der Waals surface area (Å²) in [6, 6.07) is 0.787. The van der Waals surface area contributed by atoms with Crippen molar-refractivity contribution in [3.63, 3.8) is 0 Å². The number of likely N-dealkylation sites (tertiary alicyclic amines) is 1. The monoisotopic (exact) mass is 240 g/mol. The van der Waals surface area contributed by atoms with Gasteiger partial charge in [0, 0.05) is 12.6 Å². The van der Waals surface area contributed by atoms with Crippen LogP contribution in [0.15, 0.2) is 0 Å². The number of likely N-dealkylation sites (N-methyl/N-ethyl adjacent to an activating group) is 1. The number of nitrogens with zero attached hydrogens (tertiary/aromatic N) is 2. The van der Waals surface area contributed by atoms with Crippen molar-refractivity contribution in [1.82, 2.24) is 9.80 Å². The minimum atomic E-state index is 0.00962. The lowest BCUT2D eigenvalue weighted by atomic mass is 9.85. The minimum Gasteiger partial charge on any atom is -0.394 e. The highest BCUT2D eigenvalue weighted by Gasteiger charge is 2.38. The van der Waals surface area contributed by atoms with Gasteiger partial charge in [0.2, 0.25) is 0 Å². The molecule has 1 saturated carbocycles. The van der Waals surface area contributed by atoms with Crippen LogP contribution >= 0.6 is 0 Å². The quantitative estimate of drug-likeness (QED) is 0.813. The molecule has 1 unspecified atom stereocenters. The van der Waals surface area contributed by atoms with Gasteiger partial charge in [-0.25, -0.2) is 0 Å². The second kappa shape index (κ2) is 5.68. The van der Waals surface area contributed by atoms with Gasteiger partial charge >= 0.3 is 0 Å². The molecule has 2 rings (SSSR count). The molecule has 0 aromatic rings. The van der Waals surface area contributed by atoms with Crippen LogP contribution in [0.5, 0.6) is 0 Å². The van der Waals surface area contributed by atoms with Crippen LogP contribution in [0.1, 0.15) is 44.9 Å². The van der Waals surface area contributed by atoms with Crippen molar-refractivity contribution < 1.29 is 5.11 Å². The Kier molecular flexibility index (Phi) is 4.45. The van der Waals surface area contributed by atoms with Crippen LogP contribution in [0.3, 0.4) is 0 Å². The lowest BCUT2D eigenvalue weighted by Crippen LogP contribution is -2.60. The summed E-state index contributed by atoms with van der Waals surface area (Å²) in [4.78, 5) is 4.89. The maximum atomic E-state index is 9.76. The molecule has 3 nitrogen and oxygen atoms in total. The molecule has 1 N–H and O–H groups in total. The molecular formula is C14H28N2O. The molecule has 2 aliphatic rings. The first kappa shape index (κ1) is 13.3. The van der Waals surface area contributed by atoms with Gasteiger partial charge in [-0.2, -0.15) is 0 Å². The first-order valence-corrected chi connectivity index (χ1v) is 7.20. The SMILES string of the molecule is CN(C)C1(CO)CCCN(C2CCCCC2)C1. The van der Waals surface area contributed by atoms with E-state index in [1.54, 1.807) is 0 Å². The lowest BCUT2D eigenvalue weighted by Gasteiger charge is -2.49. The molecule has 0 bridgehead atoms. The minimum absolute atomic E-state index is 0.00962. The van der Waals surface area contributed by atoms with Crippen LogP contribution < -0.4 is 0 Å². The fraction of sp³-hybridized carbons (Fsp3) is 1.00. The van der Waals surface area contributed by atoms with E-state index in [0.29, 0.717) is 6.61 Å². The number of hydrogen-bond acceptors (Lipinski definition) is 3. The van der Waals surface area contributed by atoms with E-state index in [4.69, 9.17) is 0 Å². The molecule has 17 heavy (non-hydrogen) atoms. The van der Waals surface area contributed by atoms with E-state index < -0.39 is 0 Å². The zero-order valence-electron chi connectivity index (χ0n) is 11.5. The molecule has 1 atom stereocenters. The van der Waals surface area contributed by atoms with Crippen molar-refractivity contribution in [1.29, 1.82) is 0 Å². The van der Waals surface area contributed by atoms with Gasteiger partial charge in [-0.05, 0) is 46.3 Å². The number of piperidine rings is 1. The summed E-state index contributed by atoms with van der Waals surface area (Å²) >= 11 is 0. The highest BCUT2D eigenvalue weighted by molar-refractivity contribution is 4.96. The molecule has 1 aliphatic carbocycles. The molecule has 0 amide bonds. The molecule has 1 saturated heterocycles. The first-order chi connectivity index (χ1) is 8.18. The van der Waals surface area contributed by atoms with E-state index in [1.807, 2.05) is 0 Å². The fourth-order valence-corrected chi connectivity index (χ4v) is 3.54. The topological polar surface area (TPSA) is 26.7 Å². The maximum absolute atomic E-state index is 9.76. The summed E-state index contributed by atoms with van der Waals surface area (Å²) in [5.41, 5.74) is 0.00962. The third-order valence-electron chi connectivity index (χ3n) is 4.92. The molecule has 1 heterocycles. The van der Waals surface area contributed by atoms with Crippen molar-refractivity contribution in [3.05, 3.63) is 0 Å². The molecule has 3 heteroatoms. The van der Waals surface area contributed by atoms with E-state index in [1.165, 1.54) is 45.1 Å². The van der Waals surface area contributed by atoms with E-state index in [0.717, 1.165) is 19.0 Å². The van der Waals surface area contributed by atoms with Gasteiger partial charge in [-0.15, -0.1) is 0 Å². The summed E-state index contributed by atoms with van der Waals surface area (Å²) in [5.74, 6) is 0. The van der Waals surface area contributed by atoms with Gasteiger partial charge in [0.05, 0.1) is 12.1 Å². The van der Waals surface area contributed by atoms with Crippen molar-refractivity contribution in [2.45, 2.75) is 56.5 Å². The predicted molar refractivity (Wildman–Crippen MR) is 71.2 cm³/mol. The van der Waals surface area contributed by atoms with E-state index in [-0.39, 0.29) is 5.54 Å². The van der Waals surface area contributed by atoms with Crippen molar-refractivity contribution in [3.8, 4) is 0 Å². The average molecular weight is 240 g/mol. The summed E-state index contributed by atoms with van der Waals surface area (Å²) in [6.07, 6.45) is 9.33. The van der Waals surface area contributed by atoms with E-state index >= 15 is 0 Å². The number of rotatable bonds is 3. The van der Waals surface area contributed by atoms with E-state index in [9.17, 15) is 5.11 Å². The normalized spacial score (nSPS) is 33.2. The summed E-state index contributed by atoms with van der Waals surface area (Å²) < 4.78 is 0. The van der Waals surface area contributed by atoms with Gasteiger partial charge in [-0.3, -0.25) is 4.90 Å². The average Bonchev–Trinajstić information content (AvgIpc) is 2.39. The molecule has 0 aromatic heterocycles. The van der Waals surface area contributed by atoms with Gasteiger partial charge in [0.25, 0.3) is 0 Å². The Morgan fingerprint density at radius 1 is 1.18 bits per heavy atom. The highest BCUT2D eigenvalue weighted by atomic mass is 16.3. The largest absolute Gasteiger partial charge is 0.394 e. The Balaban J connectivity index is 2.00. The number of hydrogen-bond donors (Lipinski definition) is 1. The number of aliphatic hydroxyl groups is 1. The van der Waals surface area contributed by atoms with Crippen molar-refractivity contribution in [2.24, 2.45) is 0 Å². The van der Waals surface area contributed by atoms with Gasteiger partial charge < -0.3 is 10.0 Å². The third kappa shape index (κ3) is 2.83. The van der Waals surface area contributed by atoms with Gasteiger partial charge in [0.1, 0.15) is 0 Å². The predicted octanol–water partition coefficient (Wildman–Crippen LogP) is 1.71. The first-order valence-electron chi connectivity index (χ1n) is 7.20. The lowest BCUT2D eigenvalue weighted by molar-refractivity contribution is -0.0200. The number of aliphatic hydroxyl groups excluding tert-OH is 1. The molecule has 0 aromatic carbocycles. The molecule has 2 fully saturated rings. The van der Waals surface area contributed by atoms with Gasteiger partial charge in [-0.1, -0.05) is 19.3 Å². The Bertz CT molecular complexity index is 238. The highest BCUT2D eigenvalue weighted by Crippen LogP contribution is 2.30. The van der Waals surface area contributed by atoms with Crippen molar-refractivity contribution >= 4 is 0 Å². The van der Waals surface area contributed by atoms with E-state index in [2.05, 4.69) is 23.9 Å². The zero-order valence-corrected chi connectivity index (χ0v) is 11.5. The zero-order chi connectivity index (χ0) is 12.3. The Hall–Kier alpha value is -0.120. The Labute approximate surface area is 106 Å². The fourth-order valence-electron chi connectivity index (χ4n) is 3.54. The third-order valence-corrected chi connectivity index (χ3v) is 4.92. The Morgan fingerprint density at radius 3 is 2.47 bits per heavy atom. The van der Waals surface area contributed by atoms with Crippen molar-refractivity contribution in [2.75, 3.05) is 33.8 Å². The van der Waals surface area contributed by atoms with Crippen LogP contribution in [0.4, 0.5) is 0 Å². The second-order valence-corrected chi connectivity index (χ2v) is 6.14. The summed E-state index contributed by atoms with van der Waals surface area (Å²) in [6.45, 7) is 2.59. The van der Waals surface area contributed by atoms with Gasteiger partial charge in [0.15, 0.2) is 0 Å². The van der Waals surface area contributed by atoms with Crippen LogP contribution in [-0.4, -0.2) is 60.3 Å². The summed E-state index contributed by atoms with van der Waals surface area (Å²) in [7, 11) is 4.22.